The molecule has 1 N–H and O–H groups in total. The Balaban J connectivity index is 2.47. The Bertz CT molecular complexity index is 431. The molecule has 0 amide bonds. The van der Waals surface area contributed by atoms with E-state index in [-0.39, 0.29) is 0 Å². The van der Waals surface area contributed by atoms with Crippen LogP contribution in [0.1, 0.15) is 36.8 Å². The van der Waals surface area contributed by atoms with Crippen LogP contribution < -0.4 is 4.74 Å². The molecular weight excluding hydrogens is 216 g/mol. The minimum Gasteiger partial charge on any atom is -0.497 e. The molecule has 1 saturated carbocycles. The molecule has 0 saturated heterocycles. The summed E-state index contributed by atoms with van der Waals surface area (Å²) >= 11 is 0. The van der Waals surface area contributed by atoms with Gasteiger partial charge in [-0.3, -0.25) is 4.79 Å². The zero-order valence-electron chi connectivity index (χ0n) is 10.3. The van der Waals surface area contributed by atoms with Gasteiger partial charge in [0.1, 0.15) is 5.75 Å². The van der Waals surface area contributed by atoms with Gasteiger partial charge in [0.05, 0.1) is 12.5 Å². The number of benzene rings is 1. The van der Waals surface area contributed by atoms with Gasteiger partial charge >= 0.3 is 5.97 Å². The molecule has 1 fully saturated rings. The molecular formula is C14H18O3. The van der Waals surface area contributed by atoms with Crippen molar-refractivity contribution in [2.24, 2.45) is 0 Å². The first-order valence-electron chi connectivity index (χ1n) is 5.99. The molecule has 0 aliphatic heterocycles. The summed E-state index contributed by atoms with van der Waals surface area (Å²) in [4.78, 5) is 11.6. The lowest BCUT2D eigenvalue weighted by molar-refractivity contribution is -0.143. The van der Waals surface area contributed by atoms with Crippen molar-refractivity contribution in [3.05, 3.63) is 29.3 Å². The first-order valence-corrected chi connectivity index (χ1v) is 5.99. The molecule has 0 radical (unpaired) electrons. The summed E-state index contributed by atoms with van der Waals surface area (Å²) in [5.41, 5.74) is 1.29. The first-order chi connectivity index (χ1) is 8.10. The number of rotatable bonds is 3. The second-order valence-corrected chi connectivity index (χ2v) is 4.78. The van der Waals surface area contributed by atoms with Crippen molar-refractivity contribution < 1.29 is 14.6 Å². The van der Waals surface area contributed by atoms with E-state index in [9.17, 15) is 9.90 Å². The number of carboxylic acids is 1. The van der Waals surface area contributed by atoms with Gasteiger partial charge < -0.3 is 9.84 Å². The molecule has 0 spiro atoms. The van der Waals surface area contributed by atoms with Gasteiger partial charge in [0.2, 0.25) is 0 Å². The Morgan fingerprint density at radius 3 is 2.47 bits per heavy atom. The van der Waals surface area contributed by atoms with Crippen LogP contribution in [-0.4, -0.2) is 18.2 Å². The maximum atomic E-state index is 11.6. The fraction of sp³-hybridized carbons (Fsp3) is 0.500. The molecule has 1 aliphatic rings. The molecule has 0 aromatic heterocycles. The summed E-state index contributed by atoms with van der Waals surface area (Å²) in [6.45, 7) is 1.96. The van der Waals surface area contributed by atoms with E-state index < -0.39 is 11.4 Å². The zero-order chi connectivity index (χ0) is 12.5. The third-order valence-electron chi connectivity index (χ3n) is 3.82. The summed E-state index contributed by atoms with van der Waals surface area (Å²) in [6, 6.07) is 5.68. The number of carbonyl (C=O) groups is 1. The summed E-state index contributed by atoms with van der Waals surface area (Å²) in [7, 11) is 1.62. The van der Waals surface area contributed by atoms with Crippen LogP contribution in [0.5, 0.6) is 5.75 Å². The summed E-state index contributed by atoms with van der Waals surface area (Å²) in [5.74, 6) is 0.0908. The van der Waals surface area contributed by atoms with Gasteiger partial charge in [-0.2, -0.15) is 0 Å². The van der Waals surface area contributed by atoms with E-state index in [0.717, 1.165) is 42.6 Å². The maximum Gasteiger partial charge on any atom is 0.314 e. The highest BCUT2D eigenvalue weighted by Crippen LogP contribution is 2.43. The van der Waals surface area contributed by atoms with Gasteiger partial charge in [0.15, 0.2) is 0 Å². The molecule has 1 aliphatic carbocycles. The van der Waals surface area contributed by atoms with Crippen LogP contribution in [0.4, 0.5) is 0 Å². The molecule has 3 heteroatoms. The molecule has 1 aromatic rings. The number of hydrogen-bond donors (Lipinski definition) is 1. The van der Waals surface area contributed by atoms with Crippen LogP contribution in [0.2, 0.25) is 0 Å². The van der Waals surface area contributed by atoms with E-state index in [2.05, 4.69) is 0 Å². The van der Waals surface area contributed by atoms with Crippen LogP contribution in [0.25, 0.3) is 0 Å². The Kier molecular flexibility index (Phi) is 3.09. The van der Waals surface area contributed by atoms with Crippen LogP contribution in [0.15, 0.2) is 18.2 Å². The zero-order valence-corrected chi connectivity index (χ0v) is 10.3. The van der Waals surface area contributed by atoms with Gasteiger partial charge in [-0.05, 0) is 43.0 Å². The van der Waals surface area contributed by atoms with Crippen molar-refractivity contribution in [3.63, 3.8) is 0 Å². The lowest BCUT2D eigenvalue weighted by Gasteiger charge is -2.26. The van der Waals surface area contributed by atoms with Gasteiger partial charge in [-0.1, -0.05) is 18.9 Å². The van der Waals surface area contributed by atoms with Gasteiger partial charge in [0, 0.05) is 0 Å². The minimum absolute atomic E-state index is 0.670. The number of ether oxygens (including phenoxy) is 1. The summed E-state index contributed by atoms with van der Waals surface area (Å²) in [6.07, 6.45) is 3.49. The first kappa shape index (κ1) is 12.0. The lowest BCUT2D eigenvalue weighted by Crippen LogP contribution is -2.33. The Morgan fingerprint density at radius 1 is 1.35 bits per heavy atom. The fourth-order valence-corrected chi connectivity index (χ4v) is 2.88. The fourth-order valence-electron chi connectivity index (χ4n) is 2.88. The SMILES string of the molecule is COc1ccc(C2(C(=O)O)CCCC2)c(C)c1. The third-order valence-corrected chi connectivity index (χ3v) is 3.82. The normalized spacial score (nSPS) is 18.0. The number of aliphatic carboxylic acids is 1. The van der Waals surface area contributed by atoms with E-state index in [0.29, 0.717) is 0 Å². The maximum absolute atomic E-state index is 11.6. The lowest BCUT2D eigenvalue weighted by atomic mass is 9.77. The molecule has 0 heterocycles. The standard InChI is InChI=1S/C14H18O3/c1-10-9-11(17-2)5-6-12(10)14(13(15)16)7-3-4-8-14/h5-6,9H,3-4,7-8H2,1-2H3,(H,15,16). The number of hydrogen-bond acceptors (Lipinski definition) is 2. The third kappa shape index (κ3) is 1.90. The average Bonchev–Trinajstić information content (AvgIpc) is 2.79. The van der Waals surface area contributed by atoms with Gasteiger partial charge in [0.25, 0.3) is 0 Å². The number of methoxy groups -OCH3 is 1. The van der Waals surface area contributed by atoms with E-state index in [1.807, 2.05) is 25.1 Å². The number of carboxylic acid groups (broad SMARTS) is 1. The monoisotopic (exact) mass is 234 g/mol. The molecule has 0 unspecified atom stereocenters. The molecule has 0 bridgehead atoms. The minimum atomic E-state index is -0.691. The van der Waals surface area contributed by atoms with Crippen LogP contribution in [0.3, 0.4) is 0 Å². The van der Waals surface area contributed by atoms with Crippen molar-refractivity contribution in [2.75, 3.05) is 7.11 Å². The molecule has 3 nitrogen and oxygen atoms in total. The van der Waals surface area contributed by atoms with Crippen LogP contribution >= 0.6 is 0 Å². The molecule has 17 heavy (non-hydrogen) atoms. The Morgan fingerprint density at radius 2 is 2.00 bits per heavy atom. The Hall–Kier alpha value is -1.51. The summed E-state index contributed by atoms with van der Waals surface area (Å²) in [5, 5.41) is 9.54. The average molecular weight is 234 g/mol. The van der Waals surface area contributed by atoms with Crippen molar-refractivity contribution in [1.82, 2.24) is 0 Å². The second kappa shape index (κ2) is 4.40. The number of aryl methyl sites for hydroxylation is 1. The molecule has 0 atom stereocenters. The van der Waals surface area contributed by atoms with Crippen molar-refractivity contribution >= 4 is 5.97 Å². The van der Waals surface area contributed by atoms with Gasteiger partial charge in [-0.15, -0.1) is 0 Å². The van der Waals surface area contributed by atoms with Gasteiger partial charge in [-0.25, -0.2) is 0 Å². The quantitative estimate of drug-likeness (QED) is 0.874. The van der Waals surface area contributed by atoms with E-state index in [1.165, 1.54) is 0 Å². The second-order valence-electron chi connectivity index (χ2n) is 4.78. The predicted octanol–water partition coefficient (Wildman–Crippen LogP) is 2.90. The Labute approximate surface area is 101 Å². The smallest absolute Gasteiger partial charge is 0.314 e. The van der Waals surface area contributed by atoms with Crippen molar-refractivity contribution in [3.8, 4) is 5.75 Å². The summed E-state index contributed by atoms with van der Waals surface area (Å²) < 4.78 is 5.16. The van der Waals surface area contributed by atoms with Crippen molar-refractivity contribution in [2.45, 2.75) is 38.0 Å². The molecule has 92 valence electrons. The predicted molar refractivity (Wildman–Crippen MR) is 65.5 cm³/mol. The van der Waals surface area contributed by atoms with Crippen LogP contribution in [-0.2, 0) is 10.2 Å². The van der Waals surface area contributed by atoms with Crippen molar-refractivity contribution in [1.29, 1.82) is 0 Å². The van der Waals surface area contributed by atoms with Crippen LogP contribution in [0, 0.1) is 6.92 Å². The highest BCUT2D eigenvalue weighted by molar-refractivity contribution is 5.82. The van der Waals surface area contributed by atoms with E-state index in [1.54, 1.807) is 7.11 Å². The topological polar surface area (TPSA) is 46.5 Å². The molecule has 2 rings (SSSR count). The highest BCUT2D eigenvalue weighted by atomic mass is 16.5. The van der Waals surface area contributed by atoms with E-state index >= 15 is 0 Å². The molecule has 1 aromatic carbocycles. The highest BCUT2D eigenvalue weighted by Gasteiger charge is 2.43. The van der Waals surface area contributed by atoms with E-state index in [4.69, 9.17) is 4.74 Å². The largest absolute Gasteiger partial charge is 0.497 e.